The molecule has 3 rings (SSSR count). The first-order chi connectivity index (χ1) is 12.0. The number of hydrogen-bond donors (Lipinski definition) is 0. The number of hydrogen-bond acceptors (Lipinski definition) is 4. The fraction of sp³-hybridized carbons (Fsp3) is 0.684. The van der Waals surface area contributed by atoms with Crippen LogP contribution in [0.1, 0.15) is 25.8 Å². The third kappa shape index (κ3) is 5.40. The minimum atomic E-state index is 0.299. The number of rotatable bonds is 4. The predicted molar refractivity (Wildman–Crippen MR) is 100 cm³/mol. The van der Waals surface area contributed by atoms with Gasteiger partial charge in [-0.1, -0.05) is 25.4 Å². The molecule has 3 heterocycles. The van der Waals surface area contributed by atoms with Gasteiger partial charge in [0.1, 0.15) is 5.15 Å². The summed E-state index contributed by atoms with van der Waals surface area (Å²) in [6.07, 6.45) is 2.99. The number of amides is 1. The predicted octanol–water partition coefficient (Wildman–Crippen LogP) is 2.36. The van der Waals surface area contributed by atoms with E-state index < -0.39 is 0 Å². The molecule has 2 saturated heterocycles. The van der Waals surface area contributed by atoms with Crippen LogP contribution < -0.4 is 0 Å². The molecule has 0 radical (unpaired) electrons. The highest BCUT2D eigenvalue weighted by atomic mass is 35.5. The maximum Gasteiger partial charge on any atom is 0.236 e. The average molecular weight is 365 g/mol. The summed E-state index contributed by atoms with van der Waals surface area (Å²) in [5.41, 5.74) is 1.20. The van der Waals surface area contributed by atoms with Crippen molar-refractivity contribution in [2.24, 2.45) is 11.8 Å². The molecule has 1 aromatic rings. The fourth-order valence-electron chi connectivity index (χ4n) is 4.06. The summed E-state index contributed by atoms with van der Waals surface area (Å²) < 4.78 is 0. The summed E-state index contributed by atoms with van der Waals surface area (Å²) in [5, 5.41) is 0.548. The Balaban J connectivity index is 1.43. The quantitative estimate of drug-likeness (QED) is 0.769. The Morgan fingerprint density at radius 1 is 1.16 bits per heavy atom. The molecule has 0 spiro atoms. The molecule has 0 aromatic carbocycles. The number of likely N-dealkylation sites (tertiary alicyclic amines) is 1. The molecule has 2 fully saturated rings. The third-order valence-electron chi connectivity index (χ3n) is 5.24. The Morgan fingerprint density at radius 3 is 2.44 bits per heavy atom. The summed E-state index contributed by atoms with van der Waals surface area (Å²) in [6.45, 7) is 11.7. The Labute approximate surface area is 155 Å². The molecule has 2 unspecified atom stereocenters. The van der Waals surface area contributed by atoms with Crippen LogP contribution in [-0.2, 0) is 11.3 Å². The molecule has 0 aliphatic carbocycles. The highest BCUT2D eigenvalue weighted by molar-refractivity contribution is 6.29. The van der Waals surface area contributed by atoms with Crippen molar-refractivity contribution in [1.29, 1.82) is 0 Å². The molecule has 138 valence electrons. The molecule has 0 bridgehead atoms. The van der Waals surface area contributed by atoms with Crippen molar-refractivity contribution in [1.82, 2.24) is 19.7 Å². The van der Waals surface area contributed by atoms with Crippen LogP contribution in [0, 0.1) is 11.8 Å². The van der Waals surface area contributed by atoms with Crippen molar-refractivity contribution in [2.45, 2.75) is 26.8 Å². The first-order valence-corrected chi connectivity index (χ1v) is 9.70. The van der Waals surface area contributed by atoms with Crippen LogP contribution in [0.4, 0.5) is 0 Å². The van der Waals surface area contributed by atoms with Gasteiger partial charge in [0.25, 0.3) is 0 Å². The van der Waals surface area contributed by atoms with Gasteiger partial charge in [0.2, 0.25) is 5.91 Å². The van der Waals surface area contributed by atoms with Crippen LogP contribution in [0.3, 0.4) is 0 Å². The zero-order valence-corrected chi connectivity index (χ0v) is 16.1. The Morgan fingerprint density at radius 2 is 1.80 bits per heavy atom. The van der Waals surface area contributed by atoms with Crippen molar-refractivity contribution in [2.75, 3.05) is 45.8 Å². The molecule has 0 saturated carbocycles. The summed E-state index contributed by atoms with van der Waals surface area (Å²) in [5.74, 6) is 1.54. The summed E-state index contributed by atoms with van der Waals surface area (Å²) in [7, 11) is 0. The van der Waals surface area contributed by atoms with Gasteiger partial charge >= 0.3 is 0 Å². The number of piperazine rings is 1. The molecule has 25 heavy (non-hydrogen) atoms. The van der Waals surface area contributed by atoms with Gasteiger partial charge in [-0.3, -0.25) is 14.6 Å². The van der Waals surface area contributed by atoms with Crippen LogP contribution in [0.15, 0.2) is 18.3 Å². The van der Waals surface area contributed by atoms with E-state index in [4.69, 9.17) is 11.6 Å². The van der Waals surface area contributed by atoms with Gasteiger partial charge in [-0.2, -0.15) is 0 Å². The van der Waals surface area contributed by atoms with Gasteiger partial charge in [0, 0.05) is 52.0 Å². The Hall–Kier alpha value is -1.17. The van der Waals surface area contributed by atoms with Crippen molar-refractivity contribution >= 4 is 17.5 Å². The van der Waals surface area contributed by atoms with E-state index >= 15 is 0 Å². The minimum Gasteiger partial charge on any atom is -0.341 e. The lowest BCUT2D eigenvalue weighted by Crippen LogP contribution is -2.51. The summed E-state index contributed by atoms with van der Waals surface area (Å²) >= 11 is 5.96. The number of halogens is 1. The second-order valence-electron chi connectivity index (χ2n) is 7.78. The second-order valence-corrected chi connectivity index (χ2v) is 8.17. The zero-order chi connectivity index (χ0) is 17.8. The smallest absolute Gasteiger partial charge is 0.236 e. The van der Waals surface area contributed by atoms with E-state index in [1.807, 2.05) is 12.1 Å². The van der Waals surface area contributed by atoms with E-state index in [0.29, 0.717) is 29.4 Å². The first kappa shape index (κ1) is 18.6. The van der Waals surface area contributed by atoms with E-state index in [1.165, 1.54) is 12.0 Å². The van der Waals surface area contributed by atoms with Crippen molar-refractivity contribution in [3.63, 3.8) is 0 Å². The van der Waals surface area contributed by atoms with E-state index in [2.05, 4.69) is 33.5 Å². The van der Waals surface area contributed by atoms with Crippen LogP contribution in [0.5, 0.6) is 0 Å². The van der Waals surface area contributed by atoms with E-state index in [0.717, 1.165) is 45.8 Å². The van der Waals surface area contributed by atoms with Gasteiger partial charge in [0.05, 0.1) is 6.54 Å². The first-order valence-electron chi connectivity index (χ1n) is 9.32. The Kier molecular flexibility index (Phi) is 6.31. The third-order valence-corrected chi connectivity index (χ3v) is 5.45. The molecule has 1 amide bonds. The molecule has 5 nitrogen and oxygen atoms in total. The largest absolute Gasteiger partial charge is 0.341 e. The lowest BCUT2D eigenvalue weighted by atomic mass is 9.92. The zero-order valence-electron chi connectivity index (χ0n) is 15.3. The lowest BCUT2D eigenvalue weighted by Gasteiger charge is -2.38. The number of aromatic nitrogens is 1. The second kappa shape index (κ2) is 8.47. The van der Waals surface area contributed by atoms with Gasteiger partial charge < -0.3 is 4.90 Å². The number of pyridine rings is 1. The number of carbonyl (C=O) groups excluding carboxylic acids is 1. The fourth-order valence-corrected chi connectivity index (χ4v) is 4.26. The highest BCUT2D eigenvalue weighted by Gasteiger charge is 2.27. The van der Waals surface area contributed by atoms with Crippen molar-refractivity contribution in [3.8, 4) is 0 Å². The topological polar surface area (TPSA) is 39.7 Å². The maximum absolute atomic E-state index is 12.6. The summed E-state index contributed by atoms with van der Waals surface area (Å²) in [6, 6.07) is 3.94. The van der Waals surface area contributed by atoms with Gasteiger partial charge in [-0.15, -0.1) is 0 Å². The van der Waals surface area contributed by atoms with E-state index in [9.17, 15) is 4.79 Å². The molecule has 2 atom stereocenters. The normalized spacial score (nSPS) is 26.0. The monoisotopic (exact) mass is 364 g/mol. The van der Waals surface area contributed by atoms with Gasteiger partial charge in [-0.05, 0) is 36.0 Å². The van der Waals surface area contributed by atoms with Crippen LogP contribution in [-0.4, -0.2) is 71.4 Å². The number of carbonyl (C=O) groups is 1. The molecule has 0 N–H and O–H groups in total. The van der Waals surface area contributed by atoms with Crippen LogP contribution in [0.25, 0.3) is 0 Å². The standard InChI is InChI=1S/C19H29ClN4O/c1-15-9-16(2)12-24(11-15)19(25)14-23-7-5-22(6-8-23)13-17-3-4-21-18(20)10-17/h3-4,10,15-16H,5-9,11-14H2,1-2H3. The molecular formula is C19H29ClN4O. The van der Waals surface area contributed by atoms with Gasteiger partial charge in [0.15, 0.2) is 0 Å². The Bertz CT molecular complexity index is 579. The number of piperidine rings is 1. The highest BCUT2D eigenvalue weighted by Crippen LogP contribution is 2.21. The molecule has 2 aliphatic heterocycles. The number of nitrogens with zero attached hydrogens (tertiary/aromatic N) is 4. The summed E-state index contributed by atoms with van der Waals surface area (Å²) in [4.78, 5) is 23.4. The average Bonchev–Trinajstić information content (AvgIpc) is 2.56. The SMILES string of the molecule is CC1CC(C)CN(C(=O)CN2CCN(Cc3ccnc(Cl)c3)CC2)C1. The minimum absolute atomic E-state index is 0.299. The van der Waals surface area contributed by atoms with Crippen molar-refractivity contribution in [3.05, 3.63) is 29.0 Å². The van der Waals surface area contributed by atoms with E-state index in [-0.39, 0.29) is 0 Å². The van der Waals surface area contributed by atoms with E-state index in [1.54, 1.807) is 6.20 Å². The van der Waals surface area contributed by atoms with Gasteiger partial charge in [-0.25, -0.2) is 4.98 Å². The van der Waals surface area contributed by atoms with Crippen LogP contribution >= 0.6 is 11.6 Å². The molecular weight excluding hydrogens is 336 g/mol. The van der Waals surface area contributed by atoms with Crippen molar-refractivity contribution < 1.29 is 4.79 Å². The molecule has 2 aliphatic rings. The van der Waals surface area contributed by atoms with Crippen LogP contribution in [0.2, 0.25) is 5.15 Å². The lowest BCUT2D eigenvalue weighted by molar-refractivity contribution is -0.135. The molecule has 1 aromatic heterocycles. The maximum atomic E-state index is 12.6. The molecule has 6 heteroatoms.